The molecule has 2 rings (SSSR count). The molecule has 98 valence electrons. The van der Waals surface area contributed by atoms with Gasteiger partial charge in [-0.15, -0.1) is 11.6 Å². The molecular formula is C13H12ClN3O2. The fourth-order valence-corrected chi connectivity index (χ4v) is 1.67. The molecule has 0 aliphatic carbocycles. The zero-order chi connectivity index (χ0) is 13.7. The molecule has 2 N–H and O–H groups in total. The van der Waals surface area contributed by atoms with Crippen LogP contribution in [0.3, 0.4) is 0 Å². The number of benzene rings is 1. The van der Waals surface area contributed by atoms with Gasteiger partial charge in [-0.25, -0.2) is 5.10 Å². The molecule has 1 aromatic heterocycles. The lowest BCUT2D eigenvalue weighted by Gasteiger charge is -2.05. The van der Waals surface area contributed by atoms with Crippen LogP contribution in [0.15, 0.2) is 41.2 Å². The molecule has 0 saturated carbocycles. The molecule has 0 bridgehead atoms. The standard InChI is InChI=1S/C13H12ClN3O2/c14-7-9-1-3-10(4-2-9)8-15-13(19)11-5-6-12(18)17-16-11/h1-6H,7-8H2,(H,15,19)(H,17,18). The van der Waals surface area contributed by atoms with Crippen molar-refractivity contribution in [3.63, 3.8) is 0 Å². The molecular weight excluding hydrogens is 266 g/mol. The monoisotopic (exact) mass is 277 g/mol. The Morgan fingerprint density at radius 1 is 1.16 bits per heavy atom. The van der Waals surface area contributed by atoms with Crippen LogP contribution in [-0.4, -0.2) is 16.1 Å². The number of halogens is 1. The molecule has 0 radical (unpaired) electrons. The zero-order valence-electron chi connectivity index (χ0n) is 10.0. The number of hydrogen-bond donors (Lipinski definition) is 2. The first-order valence-electron chi connectivity index (χ1n) is 5.67. The van der Waals surface area contributed by atoms with E-state index in [4.69, 9.17) is 11.6 Å². The number of carbonyl (C=O) groups excluding carboxylic acids is 1. The van der Waals surface area contributed by atoms with Gasteiger partial charge in [0.15, 0.2) is 0 Å². The van der Waals surface area contributed by atoms with Gasteiger partial charge in [0.1, 0.15) is 5.69 Å². The molecule has 19 heavy (non-hydrogen) atoms. The summed E-state index contributed by atoms with van der Waals surface area (Å²) in [5, 5.41) is 8.58. The van der Waals surface area contributed by atoms with Crippen molar-refractivity contribution >= 4 is 17.5 Å². The minimum atomic E-state index is -0.340. The average molecular weight is 278 g/mol. The molecule has 6 heteroatoms. The summed E-state index contributed by atoms with van der Waals surface area (Å²) in [5.74, 6) is 0.131. The topological polar surface area (TPSA) is 74.8 Å². The Bertz CT molecular complexity index is 602. The molecule has 1 amide bonds. The van der Waals surface area contributed by atoms with Gasteiger partial charge in [-0.05, 0) is 17.2 Å². The summed E-state index contributed by atoms with van der Waals surface area (Å²) in [6, 6.07) is 10.3. The maximum Gasteiger partial charge on any atom is 0.271 e. The number of rotatable bonds is 4. The Hall–Kier alpha value is -2.14. The van der Waals surface area contributed by atoms with Crippen molar-refractivity contribution in [3.8, 4) is 0 Å². The van der Waals surface area contributed by atoms with Crippen LogP contribution < -0.4 is 10.9 Å². The van der Waals surface area contributed by atoms with Gasteiger partial charge in [-0.1, -0.05) is 24.3 Å². The third-order valence-corrected chi connectivity index (χ3v) is 2.85. The average Bonchev–Trinajstić information content (AvgIpc) is 2.46. The summed E-state index contributed by atoms with van der Waals surface area (Å²) < 4.78 is 0. The van der Waals surface area contributed by atoms with Crippen LogP contribution in [0, 0.1) is 0 Å². The van der Waals surface area contributed by atoms with E-state index in [9.17, 15) is 9.59 Å². The summed E-state index contributed by atoms with van der Waals surface area (Å²) >= 11 is 5.69. The molecule has 0 atom stereocenters. The predicted octanol–water partition coefficient (Wildman–Crippen LogP) is 1.44. The van der Waals surface area contributed by atoms with Crippen molar-refractivity contribution in [2.75, 3.05) is 0 Å². The van der Waals surface area contributed by atoms with Gasteiger partial charge in [0.05, 0.1) is 0 Å². The molecule has 0 fully saturated rings. The van der Waals surface area contributed by atoms with Crippen LogP contribution in [0.1, 0.15) is 21.6 Å². The number of hydrogen-bond acceptors (Lipinski definition) is 3. The maximum absolute atomic E-state index is 11.7. The number of aromatic nitrogens is 2. The number of nitrogens with one attached hydrogen (secondary N) is 2. The third kappa shape index (κ3) is 3.66. The van der Waals surface area contributed by atoms with E-state index < -0.39 is 0 Å². The number of alkyl halides is 1. The van der Waals surface area contributed by atoms with Crippen molar-refractivity contribution in [3.05, 3.63) is 63.6 Å². The molecule has 0 unspecified atom stereocenters. The molecule has 1 aromatic carbocycles. The van der Waals surface area contributed by atoms with Crippen molar-refractivity contribution in [1.29, 1.82) is 0 Å². The van der Waals surface area contributed by atoms with Crippen LogP contribution in [0.2, 0.25) is 0 Å². The van der Waals surface area contributed by atoms with Crippen LogP contribution in [0.4, 0.5) is 0 Å². The molecule has 1 heterocycles. The molecule has 2 aromatic rings. The van der Waals surface area contributed by atoms with Gasteiger partial charge in [0, 0.05) is 18.5 Å². The normalized spacial score (nSPS) is 10.2. The lowest BCUT2D eigenvalue weighted by Crippen LogP contribution is -2.25. The largest absolute Gasteiger partial charge is 0.347 e. The Kier molecular flexibility index (Phi) is 4.30. The van der Waals surface area contributed by atoms with Crippen molar-refractivity contribution < 1.29 is 4.79 Å². The number of carbonyl (C=O) groups is 1. The first-order chi connectivity index (χ1) is 9.19. The highest BCUT2D eigenvalue weighted by Crippen LogP contribution is 2.06. The van der Waals surface area contributed by atoms with Crippen molar-refractivity contribution in [2.24, 2.45) is 0 Å². The van der Waals surface area contributed by atoms with Crippen LogP contribution in [-0.2, 0) is 12.4 Å². The molecule has 0 aliphatic rings. The maximum atomic E-state index is 11.7. The van der Waals surface area contributed by atoms with Crippen LogP contribution in [0.5, 0.6) is 0 Å². The minimum absolute atomic E-state index is 0.178. The summed E-state index contributed by atoms with van der Waals surface area (Å²) in [7, 11) is 0. The molecule has 0 aliphatic heterocycles. The summed E-state index contributed by atoms with van der Waals surface area (Å²) in [5.41, 5.74) is 1.83. The van der Waals surface area contributed by atoms with E-state index >= 15 is 0 Å². The van der Waals surface area contributed by atoms with E-state index in [2.05, 4.69) is 15.5 Å². The van der Waals surface area contributed by atoms with E-state index in [-0.39, 0.29) is 17.2 Å². The zero-order valence-corrected chi connectivity index (χ0v) is 10.8. The number of nitrogens with zero attached hydrogens (tertiary/aromatic N) is 1. The summed E-state index contributed by atoms with van der Waals surface area (Å²) in [4.78, 5) is 22.6. The predicted molar refractivity (Wildman–Crippen MR) is 72.0 cm³/mol. The van der Waals surface area contributed by atoms with Gasteiger partial charge in [-0.2, -0.15) is 5.10 Å². The SMILES string of the molecule is O=C(NCc1ccc(CCl)cc1)c1ccc(=O)[nH]n1. The second-order valence-corrected chi connectivity index (χ2v) is 4.21. The number of H-pyrrole nitrogens is 1. The lowest BCUT2D eigenvalue weighted by atomic mass is 10.1. The Labute approximate surface area is 114 Å². The molecule has 0 spiro atoms. The van der Waals surface area contributed by atoms with E-state index in [1.54, 1.807) is 0 Å². The van der Waals surface area contributed by atoms with Crippen LogP contribution >= 0.6 is 11.6 Å². The van der Waals surface area contributed by atoms with Gasteiger partial charge in [-0.3, -0.25) is 9.59 Å². The molecule has 0 saturated heterocycles. The van der Waals surface area contributed by atoms with E-state index in [0.717, 1.165) is 11.1 Å². The lowest BCUT2D eigenvalue weighted by molar-refractivity contribution is 0.0945. The van der Waals surface area contributed by atoms with Gasteiger partial charge < -0.3 is 5.32 Å². The summed E-state index contributed by atoms with van der Waals surface area (Å²) in [6.45, 7) is 0.391. The highest BCUT2D eigenvalue weighted by Gasteiger charge is 2.06. The Morgan fingerprint density at radius 2 is 1.84 bits per heavy atom. The Balaban J connectivity index is 1.96. The van der Waals surface area contributed by atoms with Gasteiger partial charge >= 0.3 is 0 Å². The van der Waals surface area contributed by atoms with Gasteiger partial charge in [0.25, 0.3) is 11.5 Å². The smallest absolute Gasteiger partial charge is 0.271 e. The highest BCUT2D eigenvalue weighted by molar-refractivity contribution is 6.17. The first kappa shape index (κ1) is 13.3. The number of aromatic amines is 1. The van der Waals surface area contributed by atoms with Crippen molar-refractivity contribution in [1.82, 2.24) is 15.5 Å². The third-order valence-electron chi connectivity index (χ3n) is 2.54. The van der Waals surface area contributed by atoms with Crippen LogP contribution in [0.25, 0.3) is 0 Å². The van der Waals surface area contributed by atoms with E-state index in [0.29, 0.717) is 12.4 Å². The first-order valence-corrected chi connectivity index (χ1v) is 6.20. The highest BCUT2D eigenvalue weighted by atomic mass is 35.5. The summed E-state index contributed by atoms with van der Waals surface area (Å²) in [6.07, 6.45) is 0. The van der Waals surface area contributed by atoms with Gasteiger partial charge in [0.2, 0.25) is 0 Å². The van der Waals surface area contributed by atoms with Crippen molar-refractivity contribution in [2.45, 2.75) is 12.4 Å². The molecule has 5 nitrogen and oxygen atoms in total. The fraction of sp³-hybridized carbons (Fsp3) is 0.154. The minimum Gasteiger partial charge on any atom is -0.347 e. The van der Waals surface area contributed by atoms with E-state index in [1.165, 1.54) is 12.1 Å². The fourth-order valence-electron chi connectivity index (χ4n) is 1.49. The van der Waals surface area contributed by atoms with E-state index in [1.807, 2.05) is 24.3 Å². The Morgan fingerprint density at radius 3 is 2.42 bits per heavy atom. The number of amides is 1. The second-order valence-electron chi connectivity index (χ2n) is 3.94. The second kappa shape index (κ2) is 6.15. The quantitative estimate of drug-likeness (QED) is 0.831.